The van der Waals surface area contributed by atoms with Gasteiger partial charge in [0, 0.05) is 18.6 Å². The molecule has 0 radical (unpaired) electrons. The lowest BCUT2D eigenvalue weighted by Crippen LogP contribution is -2.38. The Morgan fingerprint density at radius 2 is 1.77 bits per heavy atom. The Morgan fingerprint density at radius 3 is 2.53 bits per heavy atom. The molecule has 8 heteroatoms. The first-order valence-electron chi connectivity index (χ1n) is 9.30. The maximum absolute atomic E-state index is 12.9. The number of carbonyl (C=O) groups is 1. The van der Waals surface area contributed by atoms with Crippen LogP contribution < -0.4 is 11.2 Å². The molecule has 0 saturated carbocycles. The summed E-state index contributed by atoms with van der Waals surface area (Å²) in [6.07, 6.45) is 4.79. The molecule has 2 aromatic rings. The largest absolute Gasteiger partial charge is 0.459 e. The zero-order valence-corrected chi connectivity index (χ0v) is 16.0. The highest BCUT2D eigenvalue weighted by atomic mass is 16.5. The molecule has 0 saturated heterocycles. The Kier molecular flexibility index (Phi) is 5.47. The van der Waals surface area contributed by atoms with Gasteiger partial charge in [0.1, 0.15) is 13.2 Å². The second-order valence-corrected chi connectivity index (χ2v) is 6.67. The van der Waals surface area contributed by atoms with Gasteiger partial charge in [-0.15, -0.1) is 0 Å². The average molecular weight is 402 g/mol. The number of carbonyl (C=O) groups excluding carboxylic acids is 1. The molecule has 8 nitrogen and oxygen atoms in total. The van der Waals surface area contributed by atoms with Crippen LogP contribution in [-0.4, -0.2) is 25.1 Å². The third-order valence-corrected chi connectivity index (χ3v) is 4.56. The number of hydrogen-bond donors (Lipinski definition) is 0. The lowest BCUT2D eigenvalue weighted by atomic mass is 10.2. The molecular formula is C22H18N4O4. The van der Waals surface area contributed by atoms with E-state index in [1.165, 1.54) is 4.57 Å². The number of aromatic nitrogens is 4. The molecule has 0 fully saturated rings. The zero-order chi connectivity index (χ0) is 20.9. The van der Waals surface area contributed by atoms with Crippen molar-refractivity contribution in [1.29, 1.82) is 0 Å². The van der Waals surface area contributed by atoms with E-state index < -0.39 is 17.2 Å². The molecular weight excluding hydrogens is 384 g/mol. The van der Waals surface area contributed by atoms with Crippen molar-refractivity contribution in [3.05, 3.63) is 105 Å². The van der Waals surface area contributed by atoms with Crippen molar-refractivity contribution in [3.8, 4) is 11.4 Å². The fraction of sp³-hybridized carbons (Fsp3) is 0.136. The molecule has 2 aliphatic rings. The predicted molar refractivity (Wildman–Crippen MR) is 109 cm³/mol. The summed E-state index contributed by atoms with van der Waals surface area (Å²) in [5, 5.41) is 0. The van der Waals surface area contributed by atoms with Crippen LogP contribution in [0, 0.1) is 0 Å². The van der Waals surface area contributed by atoms with Gasteiger partial charge < -0.3 is 9.30 Å². The lowest BCUT2D eigenvalue weighted by Gasteiger charge is -2.15. The number of rotatable bonds is 6. The summed E-state index contributed by atoms with van der Waals surface area (Å²) in [6, 6.07) is 16.0. The fourth-order valence-electron chi connectivity index (χ4n) is 3.08. The molecule has 2 aliphatic heterocycles. The van der Waals surface area contributed by atoms with Crippen LogP contribution in [0.15, 0.2) is 82.8 Å². The highest BCUT2D eigenvalue weighted by Gasteiger charge is 2.18. The van der Waals surface area contributed by atoms with Gasteiger partial charge >= 0.3 is 11.7 Å². The van der Waals surface area contributed by atoms with Crippen molar-refractivity contribution in [2.75, 3.05) is 0 Å². The fourth-order valence-corrected chi connectivity index (χ4v) is 3.08. The van der Waals surface area contributed by atoms with Crippen LogP contribution in [0.25, 0.3) is 11.4 Å². The Labute approximate surface area is 171 Å². The SMILES string of the molecule is O=C(Cn1cccc2c(=O)n(Cc3cccnc3)c(=O)nc1-2)OCc1ccccc1. The van der Waals surface area contributed by atoms with Crippen molar-refractivity contribution in [2.45, 2.75) is 19.7 Å². The predicted octanol–water partition coefficient (Wildman–Crippen LogP) is 1.70. The normalized spacial score (nSPS) is 10.8. The average Bonchev–Trinajstić information content (AvgIpc) is 2.77. The summed E-state index contributed by atoms with van der Waals surface area (Å²) in [5.41, 5.74) is 0.671. The van der Waals surface area contributed by atoms with E-state index in [0.29, 0.717) is 5.56 Å². The van der Waals surface area contributed by atoms with Gasteiger partial charge in [-0.3, -0.25) is 19.1 Å². The number of pyridine rings is 2. The van der Waals surface area contributed by atoms with E-state index in [9.17, 15) is 14.4 Å². The Hall–Kier alpha value is -4.07. The first-order valence-corrected chi connectivity index (χ1v) is 9.30. The summed E-state index contributed by atoms with van der Waals surface area (Å²) in [6.45, 7) is 0.0499. The molecule has 0 spiro atoms. The summed E-state index contributed by atoms with van der Waals surface area (Å²) in [7, 11) is 0. The minimum Gasteiger partial charge on any atom is -0.459 e. The molecule has 1 aromatic heterocycles. The quantitative estimate of drug-likeness (QED) is 0.456. The number of esters is 1. The number of benzene rings is 1. The van der Waals surface area contributed by atoms with Crippen molar-refractivity contribution in [3.63, 3.8) is 0 Å². The molecule has 0 amide bonds. The highest BCUT2D eigenvalue weighted by Crippen LogP contribution is 2.13. The molecule has 0 unspecified atom stereocenters. The van der Waals surface area contributed by atoms with Gasteiger partial charge in [0.25, 0.3) is 5.56 Å². The van der Waals surface area contributed by atoms with Gasteiger partial charge in [-0.05, 0) is 29.3 Å². The van der Waals surface area contributed by atoms with Crippen LogP contribution in [0.2, 0.25) is 0 Å². The van der Waals surface area contributed by atoms with Crippen molar-refractivity contribution >= 4 is 5.97 Å². The van der Waals surface area contributed by atoms with E-state index in [1.54, 1.807) is 42.9 Å². The second-order valence-electron chi connectivity index (χ2n) is 6.67. The summed E-state index contributed by atoms with van der Waals surface area (Å²) in [5.74, 6) is -0.350. The number of hydrogen-bond acceptors (Lipinski definition) is 6. The van der Waals surface area contributed by atoms with E-state index in [2.05, 4.69) is 9.97 Å². The van der Waals surface area contributed by atoms with Gasteiger partial charge in [-0.1, -0.05) is 36.4 Å². The maximum Gasteiger partial charge on any atom is 0.352 e. The second kappa shape index (κ2) is 8.52. The number of ether oxygens (including phenoxy) is 1. The van der Waals surface area contributed by atoms with Crippen LogP contribution in [-0.2, 0) is 29.2 Å². The molecule has 0 aliphatic carbocycles. The summed E-state index contributed by atoms with van der Waals surface area (Å²) in [4.78, 5) is 45.7. The van der Waals surface area contributed by atoms with Crippen molar-refractivity contribution < 1.29 is 9.53 Å². The third-order valence-electron chi connectivity index (χ3n) is 4.56. The van der Waals surface area contributed by atoms with Gasteiger partial charge in [-0.25, -0.2) is 4.79 Å². The first kappa shape index (κ1) is 19.3. The van der Waals surface area contributed by atoms with Gasteiger partial charge in [-0.2, -0.15) is 4.98 Å². The molecule has 0 N–H and O–H groups in total. The minimum absolute atomic E-state index is 0.0719. The van der Waals surface area contributed by atoms with Crippen LogP contribution >= 0.6 is 0 Å². The number of nitrogens with zero attached hydrogens (tertiary/aromatic N) is 4. The zero-order valence-electron chi connectivity index (χ0n) is 16.0. The molecule has 3 heterocycles. The van der Waals surface area contributed by atoms with Gasteiger partial charge in [0.05, 0.1) is 12.1 Å². The highest BCUT2D eigenvalue weighted by molar-refractivity contribution is 5.70. The Bertz CT molecular complexity index is 1250. The minimum atomic E-state index is -0.686. The molecule has 0 atom stereocenters. The van der Waals surface area contributed by atoms with E-state index in [-0.39, 0.29) is 31.1 Å². The molecule has 0 bridgehead atoms. The standard InChI is InChI=1S/C22H18N4O4/c27-19(30-15-16-6-2-1-3-7-16)14-25-11-5-9-18-20(25)24-22(29)26(21(18)28)13-17-8-4-10-23-12-17/h1-12H,13-15H2. The number of fused-ring (bicyclic) bond motifs is 1. The maximum atomic E-state index is 12.9. The van der Waals surface area contributed by atoms with Crippen LogP contribution in [0.3, 0.4) is 0 Å². The van der Waals surface area contributed by atoms with Gasteiger partial charge in [0.15, 0.2) is 5.82 Å². The smallest absolute Gasteiger partial charge is 0.352 e. The first-order chi connectivity index (χ1) is 14.6. The molecule has 150 valence electrons. The van der Waals surface area contributed by atoms with E-state index >= 15 is 0 Å². The van der Waals surface area contributed by atoms with E-state index in [0.717, 1.165) is 10.1 Å². The summed E-state index contributed by atoms with van der Waals surface area (Å²) < 4.78 is 7.79. The van der Waals surface area contributed by atoms with Gasteiger partial charge in [0.2, 0.25) is 0 Å². The Morgan fingerprint density at radius 1 is 0.967 bits per heavy atom. The van der Waals surface area contributed by atoms with Crippen LogP contribution in [0.4, 0.5) is 0 Å². The third kappa shape index (κ3) is 4.17. The van der Waals surface area contributed by atoms with E-state index in [1.807, 2.05) is 30.3 Å². The molecule has 4 rings (SSSR count). The van der Waals surface area contributed by atoms with Crippen LogP contribution in [0.5, 0.6) is 0 Å². The molecule has 1 aromatic carbocycles. The van der Waals surface area contributed by atoms with E-state index in [4.69, 9.17) is 4.74 Å². The van der Waals surface area contributed by atoms with Crippen molar-refractivity contribution in [1.82, 2.24) is 19.1 Å². The van der Waals surface area contributed by atoms with Crippen molar-refractivity contribution in [2.24, 2.45) is 0 Å². The molecule has 30 heavy (non-hydrogen) atoms. The van der Waals surface area contributed by atoms with Crippen LogP contribution in [0.1, 0.15) is 11.1 Å². The Balaban J connectivity index is 1.58. The topological polar surface area (TPSA) is 96.1 Å². The monoisotopic (exact) mass is 402 g/mol. The lowest BCUT2D eigenvalue weighted by molar-refractivity contribution is -0.145. The summed E-state index contributed by atoms with van der Waals surface area (Å²) >= 11 is 0.